The number of benzene rings is 1. The summed E-state index contributed by atoms with van der Waals surface area (Å²) in [5.74, 6) is -0.0721. The molecule has 1 aromatic rings. The molecule has 0 aliphatic carbocycles. The molecule has 1 fully saturated rings. The van der Waals surface area contributed by atoms with Crippen molar-refractivity contribution >= 4 is 10.0 Å². The van der Waals surface area contributed by atoms with Crippen molar-refractivity contribution in [2.75, 3.05) is 13.2 Å². The summed E-state index contributed by atoms with van der Waals surface area (Å²) in [5, 5.41) is 9.08. The molecule has 2 rings (SSSR count). The van der Waals surface area contributed by atoms with Gasteiger partial charge >= 0.3 is 0 Å². The normalized spacial score (nSPS) is 18.9. The van der Waals surface area contributed by atoms with Crippen molar-refractivity contribution in [1.29, 1.82) is 0 Å². The highest BCUT2D eigenvalue weighted by molar-refractivity contribution is 7.88. The lowest BCUT2D eigenvalue weighted by atomic mass is 9.94. The molecule has 20 heavy (non-hydrogen) atoms. The number of hydrogen-bond donors (Lipinski definition) is 2. The Hall–Kier alpha value is -0.950. The van der Waals surface area contributed by atoms with Crippen LogP contribution in [-0.2, 0) is 27.1 Å². The largest absolute Gasteiger partial charge is 0.392 e. The summed E-state index contributed by atoms with van der Waals surface area (Å²) in [6.45, 7) is 2.99. The van der Waals surface area contributed by atoms with Gasteiger partial charge in [0.15, 0.2) is 0 Å². The zero-order valence-electron chi connectivity index (χ0n) is 11.6. The second-order valence-corrected chi connectivity index (χ2v) is 7.23. The van der Waals surface area contributed by atoms with E-state index < -0.39 is 15.6 Å². The first kappa shape index (κ1) is 15.4. The van der Waals surface area contributed by atoms with Crippen molar-refractivity contribution < 1.29 is 18.3 Å². The molecule has 0 saturated carbocycles. The van der Waals surface area contributed by atoms with E-state index in [0.717, 1.165) is 5.56 Å². The molecule has 1 heterocycles. The Labute approximate surface area is 120 Å². The van der Waals surface area contributed by atoms with E-state index in [1.54, 1.807) is 24.3 Å². The summed E-state index contributed by atoms with van der Waals surface area (Å²) in [6, 6.07) is 6.99. The molecule has 5 nitrogen and oxygen atoms in total. The number of rotatable bonds is 5. The van der Waals surface area contributed by atoms with Crippen LogP contribution in [0.2, 0.25) is 0 Å². The Morgan fingerprint density at radius 1 is 1.30 bits per heavy atom. The Kier molecular flexibility index (Phi) is 4.80. The lowest BCUT2D eigenvalue weighted by molar-refractivity contribution is 0.0537. The van der Waals surface area contributed by atoms with Gasteiger partial charge in [-0.1, -0.05) is 24.3 Å². The van der Waals surface area contributed by atoms with Gasteiger partial charge in [-0.05, 0) is 30.9 Å². The number of aliphatic hydroxyl groups is 1. The zero-order valence-corrected chi connectivity index (χ0v) is 12.4. The molecule has 1 saturated heterocycles. The van der Waals surface area contributed by atoms with Gasteiger partial charge < -0.3 is 9.84 Å². The number of hydrogen-bond acceptors (Lipinski definition) is 4. The molecule has 0 radical (unpaired) electrons. The number of sulfonamides is 1. The Bertz CT molecular complexity index is 550. The van der Waals surface area contributed by atoms with E-state index in [-0.39, 0.29) is 12.4 Å². The van der Waals surface area contributed by atoms with E-state index in [9.17, 15) is 8.42 Å². The first-order valence-electron chi connectivity index (χ1n) is 6.71. The van der Waals surface area contributed by atoms with Crippen LogP contribution in [0.4, 0.5) is 0 Å². The second-order valence-electron chi connectivity index (χ2n) is 5.51. The highest BCUT2D eigenvalue weighted by Gasteiger charge is 2.31. The number of aliphatic hydroxyl groups excluding tert-OH is 1. The quantitative estimate of drug-likeness (QED) is 0.856. The molecule has 112 valence electrons. The summed E-state index contributed by atoms with van der Waals surface area (Å²) in [4.78, 5) is 0. The van der Waals surface area contributed by atoms with E-state index in [2.05, 4.69) is 4.72 Å². The summed E-state index contributed by atoms with van der Waals surface area (Å²) in [6.07, 6.45) is 1.37. The third kappa shape index (κ3) is 4.28. The fraction of sp³-hybridized carbons (Fsp3) is 0.571. The summed E-state index contributed by atoms with van der Waals surface area (Å²) in [5.41, 5.74) is 0.973. The Morgan fingerprint density at radius 2 is 1.95 bits per heavy atom. The van der Waals surface area contributed by atoms with Crippen LogP contribution in [0.3, 0.4) is 0 Å². The molecule has 0 amide bonds. The van der Waals surface area contributed by atoms with Crippen LogP contribution in [0.15, 0.2) is 24.3 Å². The van der Waals surface area contributed by atoms with E-state index in [1.807, 2.05) is 6.92 Å². The van der Waals surface area contributed by atoms with Gasteiger partial charge in [0, 0.05) is 18.8 Å². The number of nitrogens with one attached hydrogen (secondary N) is 1. The van der Waals surface area contributed by atoms with Gasteiger partial charge in [-0.15, -0.1) is 0 Å². The minimum atomic E-state index is -3.40. The second kappa shape index (κ2) is 6.22. The molecular weight excluding hydrogens is 278 g/mol. The topological polar surface area (TPSA) is 75.6 Å². The van der Waals surface area contributed by atoms with Gasteiger partial charge in [-0.3, -0.25) is 0 Å². The fourth-order valence-corrected chi connectivity index (χ4v) is 4.02. The van der Waals surface area contributed by atoms with Gasteiger partial charge in [-0.2, -0.15) is 0 Å². The lowest BCUT2D eigenvalue weighted by Gasteiger charge is -2.34. The minimum Gasteiger partial charge on any atom is -0.392 e. The lowest BCUT2D eigenvalue weighted by Crippen LogP contribution is -2.49. The van der Waals surface area contributed by atoms with Crippen molar-refractivity contribution in [3.8, 4) is 0 Å². The first-order chi connectivity index (χ1) is 9.42. The maximum absolute atomic E-state index is 12.3. The van der Waals surface area contributed by atoms with Crippen LogP contribution in [0, 0.1) is 0 Å². The van der Waals surface area contributed by atoms with E-state index in [4.69, 9.17) is 9.84 Å². The molecular formula is C14H21NO4S. The fourth-order valence-electron chi connectivity index (χ4n) is 2.37. The maximum atomic E-state index is 12.3. The van der Waals surface area contributed by atoms with Gasteiger partial charge in [0.25, 0.3) is 0 Å². The number of ether oxygens (including phenoxy) is 1. The Morgan fingerprint density at radius 3 is 2.60 bits per heavy atom. The molecule has 0 unspecified atom stereocenters. The van der Waals surface area contributed by atoms with Crippen LogP contribution in [0.1, 0.15) is 30.9 Å². The summed E-state index contributed by atoms with van der Waals surface area (Å²) in [7, 11) is -3.40. The van der Waals surface area contributed by atoms with Crippen LogP contribution < -0.4 is 4.72 Å². The van der Waals surface area contributed by atoms with Gasteiger partial charge in [0.1, 0.15) is 0 Å². The third-order valence-corrected chi connectivity index (χ3v) is 5.05. The van der Waals surface area contributed by atoms with E-state index in [1.165, 1.54) is 0 Å². The highest BCUT2D eigenvalue weighted by atomic mass is 32.2. The third-order valence-electron chi connectivity index (χ3n) is 3.53. The molecule has 0 aromatic heterocycles. The molecule has 0 atom stereocenters. The maximum Gasteiger partial charge on any atom is 0.216 e. The van der Waals surface area contributed by atoms with Crippen molar-refractivity contribution in [3.05, 3.63) is 35.4 Å². The van der Waals surface area contributed by atoms with Crippen molar-refractivity contribution in [2.24, 2.45) is 0 Å². The Balaban J connectivity index is 2.06. The van der Waals surface area contributed by atoms with E-state index >= 15 is 0 Å². The van der Waals surface area contributed by atoms with Crippen molar-refractivity contribution in [3.63, 3.8) is 0 Å². The first-order valence-corrected chi connectivity index (χ1v) is 8.36. The molecule has 1 aliphatic rings. The molecule has 2 N–H and O–H groups in total. The average molecular weight is 299 g/mol. The predicted molar refractivity (Wildman–Crippen MR) is 76.6 cm³/mol. The standard InChI is InChI=1S/C14H21NO4S/c1-14(5-7-19-8-6-14)15-20(17,18)11-13-4-2-3-12(9-13)10-16/h2-4,9,15-16H,5-8,10-11H2,1H3. The van der Waals surface area contributed by atoms with Crippen LogP contribution in [0.5, 0.6) is 0 Å². The van der Waals surface area contributed by atoms with Crippen molar-refractivity contribution in [1.82, 2.24) is 4.72 Å². The molecule has 1 aromatic carbocycles. The average Bonchev–Trinajstić information content (AvgIpc) is 2.37. The summed E-state index contributed by atoms with van der Waals surface area (Å²) >= 11 is 0. The van der Waals surface area contributed by atoms with Crippen LogP contribution in [-0.4, -0.2) is 32.3 Å². The van der Waals surface area contributed by atoms with Crippen molar-refractivity contribution in [2.45, 2.75) is 37.7 Å². The minimum absolute atomic E-state index is 0.0721. The molecule has 0 bridgehead atoms. The van der Waals surface area contributed by atoms with E-state index in [0.29, 0.717) is 31.6 Å². The predicted octanol–water partition coefficient (Wildman–Crippen LogP) is 1.17. The van der Waals surface area contributed by atoms with Gasteiger partial charge in [-0.25, -0.2) is 13.1 Å². The van der Waals surface area contributed by atoms with Gasteiger partial charge in [0.05, 0.1) is 12.4 Å². The zero-order chi connectivity index (χ0) is 14.6. The summed E-state index contributed by atoms with van der Waals surface area (Å²) < 4.78 is 32.6. The molecule has 6 heteroatoms. The monoisotopic (exact) mass is 299 g/mol. The smallest absolute Gasteiger partial charge is 0.216 e. The van der Waals surface area contributed by atoms with Crippen LogP contribution in [0.25, 0.3) is 0 Å². The highest BCUT2D eigenvalue weighted by Crippen LogP contribution is 2.21. The van der Waals surface area contributed by atoms with Gasteiger partial charge in [0.2, 0.25) is 10.0 Å². The SMILES string of the molecule is CC1(NS(=O)(=O)Cc2cccc(CO)c2)CCOCC1. The van der Waals surface area contributed by atoms with Crippen LogP contribution >= 0.6 is 0 Å². The molecule has 1 aliphatic heterocycles. The molecule has 0 spiro atoms.